The Bertz CT molecular complexity index is 846. The summed E-state index contributed by atoms with van der Waals surface area (Å²) in [6.07, 6.45) is 0.866. The van der Waals surface area contributed by atoms with Crippen molar-refractivity contribution in [2.75, 3.05) is 24.6 Å². The Morgan fingerprint density at radius 1 is 1.00 bits per heavy atom. The molecule has 1 saturated heterocycles. The van der Waals surface area contributed by atoms with Crippen LogP contribution in [0.25, 0.3) is 0 Å². The lowest BCUT2D eigenvalue weighted by molar-refractivity contribution is 0.234. The van der Waals surface area contributed by atoms with E-state index in [9.17, 15) is 4.39 Å². The first kappa shape index (κ1) is 18.1. The Morgan fingerprint density at radius 2 is 1.74 bits per heavy atom. The summed E-state index contributed by atoms with van der Waals surface area (Å²) in [4.78, 5) is 2.40. The zero-order valence-corrected chi connectivity index (χ0v) is 15.9. The van der Waals surface area contributed by atoms with Crippen molar-refractivity contribution in [3.8, 4) is 0 Å². The summed E-state index contributed by atoms with van der Waals surface area (Å²) in [7, 11) is 0. The lowest BCUT2D eigenvalue weighted by Crippen LogP contribution is -2.38. The van der Waals surface area contributed by atoms with Crippen molar-refractivity contribution in [1.29, 1.82) is 0 Å². The molecule has 3 aromatic rings. The van der Waals surface area contributed by atoms with Crippen molar-refractivity contribution in [2.24, 2.45) is 0 Å². The van der Waals surface area contributed by atoms with Gasteiger partial charge in [0, 0.05) is 31.1 Å². The average Bonchev–Trinajstić information content (AvgIpc) is 3.18. The van der Waals surface area contributed by atoms with Crippen molar-refractivity contribution in [3.63, 3.8) is 0 Å². The lowest BCUT2D eigenvalue weighted by atomic mass is 10.0. The van der Waals surface area contributed by atoms with Gasteiger partial charge < -0.3 is 0 Å². The van der Waals surface area contributed by atoms with Gasteiger partial charge in [0.2, 0.25) is 0 Å². The van der Waals surface area contributed by atoms with Crippen LogP contribution in [0.1, 0.15) is 23.0 Å². The van der Waals surface area contributed by atoms with E-state index in [4.69, 9.17) is 0 Å². The highest BCUT2D eigenvalue weighted by molar-refractivity contribution is 7.99. The number of tetrazole rings is 1. The Balaban J connectivity index is 1.62. The van der Waals surface area contributed by atoms with Crippen LogP contribution in [0.3, 0.4) is 0 Å². The number of rotatable bonds is 6. The molecule has 4 rings (SSSR count). The van der Waals surface area contributed by atoms with Gasteiger partial charge >= 0.3 is 0 Å². The van der Waals surface area contributed by atoms with Crippen LogP contribution in [-0.2, 0) is 13.0 Å². The summed E-state index contributed by atoms with van der Waals surface area (Å²) >= 11 is 1.96. The molecule has 1 aliphatic rings. The maximum atomic E-state index is 13.5. The molecule has 0 N–H and O–H groups in total. The van der Waals surface area contributed by atoms with E-state index in [1.807, 2.05) is 46.8 Å². The first-order valence-electron chi connectivity index (χ1n) is 9.18. The maximum Gasteiger partial charge on any atom is 0.173 e. The van der Waals surface area contributed by atoms with Gasteiger partial charge in [-0.1, -0.05) is 42.5 Å². The largest absolute Gasteiger partial charge is 0.288 e. The van der Waals surface area contributed by atoms with Crippen LogP contribution in [0.5, 0.6) is 0 Å². The zero-order chi connectivity index (χ0) is 18.5. The number of aryl methyl sites for hydroxylation is 2. The first-order valence-corrected chi connectivity index (χ1v) is 10.3. The fourth-order valence-electron chi connectivity index (χ4n) is 3.45. The highest BCUT2D eigenvalue weighted by atomic mass is 32.2. The van der Waals surface area contributed by atoms with Crippen molar-refractivity contribution < 1.29 is 4.39 Å². The second-order valence-electron chi connectivity index (χ2n) is 6.60. The molecule has 2 heterocycles. The van der Waals surface area contributed by atoms with Crippen molar-refractivity contribution in [1.82, 2.24) is 25.1 Å². The minimum atomic E-state index is -0.227. The van der Waals surface area contributed by atoms with Crippen LogP contribution in [-0.4, -0.2) is 49.7 Å². The minimum absolute atomic E-state index is 0.0581. The summed E-state index contributed by atoms with van der Waals surface area (Å²) in [5.74, 6) is 2.77. The van der Waals surface area contributed by atoms with Crippen molar-refractivity contribution >= 4 is 11.8 Å². The second-order valence-corrected chi connectivity index (χ2v) is 7.82. The SMILES string of the molecule is Fc1ccc(C(c2nnnn2CCc2ccccc2)N2CCSCC2)cc1. The Hall–Kier alpha value is -2.25. The first-order chi connectivity index (χ1) is 13.3. The molecule has 1 fully saturated rings. The third kappa shape index (κ3) is 4.36. The number of thioether (sulfide) groups is 1. The smallest absolute Gasteiger partial charge is 0.173 e. The number of hydrogen-bond acceptors (Lipinski definition) is 5. The van der Waals surface area contributed by atoms with Gasteiger partial charge in [-0.2, -0.15) is 11.8 Å². The van der Waals surface area contributed by atoms with E-state index in [1.54, 1.807) is 0 Å². The number of halogens is 1. The molecule has 7 heteroatoms. The second kappa shape index (κ2) is 8.63. The predicted octanol–water partition coefficient (Wildman–Crippen LogP) is 3.19. The molecule has 0 radical (unpaired) electrons. The third-order valence-electron chi connectivity index (χ3n) is 4.86. The minimum Gasteiger partial charge on any atom is -0.288 e. The standard InChI is InChI=1S/C20H22FN5S/c21-18-8-6-17(7-9-18)19(25-12-14-27-15-13-25)20-22-23-24-26(20)11-10-16-4-2-1-3-5-16/h1-9,19H,10-15H2. The predicted molar refractivity (Wildman–Crippen MR) is 105 cm³/mol. The fraction of sp³-hybridized carbons (Fsp3) is 0.350. The molecule has 1 atom stereocenters. The molecule has 1 aromatic heterocycles. The van der Waals surface area contributed by atoms with Crippen LogP contribution in [0.2, 0.25) is 0 Å². The molecule has 0 saturated carbocycles. The Labute approximate surface area is 162 Å². The van der Waals surface area contributed by atoms with Crippen molar-refractivity contribution in [2.45, 2.75) is 19.0 Å². The van der Waals surface area contributed by atoms with Crippen LogP contribution in [0.4, 0.5) is 4.39 Å². The lowest BCUT2D eigenvalue weighted by Gasteiger charge is -2.33. The Morgan fingerprint density at radius 3 is 2.48 bits per heavy atom. The average molecular weight is 383 g/mol. The van der Waals surface area contributed by atoms with E-state index < -0.39 is 0 Å². The molecule has 1 aliphatic heterocycles. The van der Waals surface area contributed by atoms with Gasteiger partial charge in [0.05, 0.1) is 6.04 Å². The highest BCUT2D eigenvalue weighted by Gasteiger charge is 2.29. The van der Waals surface area contributed by atoms with Gasteiger partial charge in [-0.3, -0.25) is 4.90 Å². The summed E-state index contributed by atoms with van der Waals surface area (Å²) in [5, 5.41) is 12.6. The normalized spacial score (nSPS) is 16.3. The van der Waals surface area contributed by atoms with E-state index in [0.29, 0.717) is 6.54 Å². The molecular formula is C20H22FN5S. The topological polar surface area (TPSA) is 46.8 Å². The molecule has 2 aromatic carbocycles. The van der Waals surface area contributed by atoms with E-state index >= 15 is 0 Å². The molecule has 0 bridgehead atoms. The van der Waals surface area contributed by atoms with Gasteiger partial charge in [-0.25, -0.2) is 9.07 Å². The maximum absolute atomic E-state index is 13.5. The van der Waals surface area contributed by atoms with Gasteiger partial charge in [0.15, 0.2) is 5.82 Å². The monoisotopic (exact) mass is 383 g/mol. The molecule has 1 unspecified atom stereocenters. The Kier molecular flexibility index (Phi) is 5.79. The molecule has 0 amide bonds. The van der Waals surface area contributed by atoms with E-state index in [0.717, 1.165) is 42.4 Å². The summed E-state index contributed by atoms with van der Waals surface area (Å²) in [6.45, 7) is 2.66. The fourth-order valence-corrected chi connectivity index (χ4v) is 4.38. The van der Waals surface area contributed by atoms with Gasteiger partial charge in [-0.15, -0.1) is 5.10 Å². The van der Waals surface area contributed by atoms with E-state index in [2.05, 4.69) is 32.6 Å². The van der Waals surface area contributed by atoms with Gasteiger partial charge in [-0.05, 0) is 40.1 Å². The van der Waals surface area contributed by atoms with Crippen LogP contribution >= 0.6 is 11.8 Å². The van der Waals surface area contributed by atoms with E-state index in [-0.39, 0.29) is 11.9 Å². The molecule has 140 valence electrons. The molecule has 5 nitrogen and oxygen atoms in total. The molecule has 0 spiro atoms. The van der Waals surface area contributed by atoms with Gasteiger partial charge in [0.25, 0.3) is 0 Å². The number of benzene rings is 2. The number of nitrogens with zero attached hydrogens (tertiary/aromatic N) is 5. The highest BCUT2D eigenvalue weighted by Crippen LogP contribution is 2.29. The van der Waals surface area contributed by atoms with Crippen LogP contribution in [0.15, 0.2) is 54.6 Å². The summed E-state index contributed by atoms with van der Waals surface area (Å²) < 4.78 is 15.4. The van der Waals surface area contributed by atoms with Crippen molar-refractivity contribution in [3.05, 3.63) is 77.4 Å². The number of aromatic nitrogens is 4. The summed E-state index contributed by atoms with van der Waals surface area (Å²) in [6, 6.07) is 17.0. The summed E-state index contributed by atoms with van der Waals surface area (Å²) in [5.41, 5.74) is 2.28. The molecule has 27 heavy (non-hydrogen) atoms. The van der Waals surface area contributed by atoms with Crippen LogP contribution < -0.4 is 0 Å². The molecule has 0 aliphatic carbocycles. The number of hydrogen-bond donors (Lipinski definition) is 0. The quantitative estimate of drug-likeness (QED) is 0.654. The third-order valence-corrected chi connectivity index (χ3v) is 5.80. The zero-order valence-electron chi connectivity index (χ0n) is 15.0. The van der Waals surface area contributed by atoms with E-state index in [1.165, 1.54) is 17.7 Å². The van der Waals surface area contributed by atoms with Crippen LogP contribution in [0, 0.1) is 5.82 Å². The van der Waals surface area contributed by atoms with Gasteiger partial charge in [0.1, 0.15) is 5.82 Å². The molecular weight excluding hydrogens is 361 g/mol.